The zero-order chi connectivity index (χ0) is 14.7. The second-order valence-electron chi connectivity index (χ2n) is 4.22. The third-order valence-corrected chi connectivity index (χ3v) is 2.83. The highest BCUT2D eigenvalue weighted by molar-refractivity contribution is 5.95. The van der Waals surface area contributed by atoms with Gasteiger partial charge in [0.2, 0.25) is 0 Å². The van der Waals surface area contributed by atoms with E-state index in [0.29, 0.717) is 17.7 Å². The van der Waals surface area contributed by atoms with Crippen LogP contribution >= 0.6 is 0 Å². The zero-order valence-electron chi connectivity index (χ0n) is 10.8. The molecule has 0 saturated carbocycles. The van der Waals surface area contributed by atoms with Crippen molar-refractivity contribution in [1.82, 2.24) is 5.32 Å². The molecule has 0 fully saturated rings. The molecule has 0 aromatic heterocycles. The molecule has 0 bridgehead atoms. The molecule has 2 aromatic rings. The van der Waals surface area contributed by atoms with Gasteiger partial charge in [-0.05, 0) is 42.3 Å². The van der Waals surface area contributed by atoms with Crippen LogP contribution in [-0.4, -0.2) is 17.6 Å². The number of amides is 1. The van der Waals surface area contributed by atoms with Crippen LogP contribution in [0.15, 0.2) is 36.4 Å². The molecule has 104 valence electrons. The molecule has 0 atom stereocenters. The number of rotatable bonds is 3. The van der Waals surface area contributed by atoms with E-state index in [1.165, 1.54) is 24.3 Å². The normalized spacial score (nSPS) is 10.3. The Balaban J connectivity index is 2.37. The number of hydrogen-bond donors (Lipinski definition) is 2. The van der Waals surface area contributed by atoms with E-state index in [1.54, 1.807) is 6.92 Å². The summed E-state index contributed by atoms with van der Waals surface area (Å²) < 4.78 is 27.2. The van der Waals surface area contributed by atoms with Crippen LogP contribution in [-0.2, 0) is 0 Å². The van der Waals surface area contributed by atoms with Gasteiger partial charge in [0, 0.05) is 6.54 Å². The first-order valence-electron chi connectivity index (χ1n) is 6.09. The van der Waals surface area contributed by atoms with Crippen LogP contribution in [0.25, 0.3) is 11.1 Å². The molecule has 1 amide bonds. The third kappa shape index (κ3) is 2.77. The molecule has 0 radical (unpaired) electrons. The zero-order valence-corrected chi connectivity index (χ0v) is 10.8. The second-order valence-corrected chi connectivity index (χ2v) is 4.22. The lowest BCUT2D eigenvalue weighted by Crippen LogP contribution is -2.23. The van der Waals surface area contributed by atoms with Gasteiger partial charge in [-0.3, -0.25) is 4.79 Å². The van der Waals surface area contributed by atoms with Crippen molar-refractivity contribution in [2.24, 2.45) is 0 Å². The summed E-state index contributed by atoms with van der Waals surface area (Å²) in [5.41, 5.74) is 0.783. The maximum Gasteiger partial charge on any atom is 0.254 e. The number of carbonyl (C=O) groups is 1. The molecule has 3 nitrogen and oxygen atoms in total. The summed E-state index contributed by atoms with van der Waals surface area (Å²) in [4.78, 5) is 11.6. The fourth-order valence-electron chi connectivity index (χ4n) is 1.82. The largest absolute Gasteiger partial charge is 0.505 e. The van der Waals surface area contributed by atoms with Crippen molar-refractivity contribution >= 4 is 5.91 Å². The van der Waals surface area contributed by atoms with E-state index in [9.17, 15) is 13.6 Å². The molecular formula is C15H13F2NO2. The Morgan fingerprint density at radius 3 is 2.25 bits per heavy atom. The van der Waals surface area contributed by atoms with Gasteiger partial charge in [0.05, 0.1) is 5.56 Å². The fraction of sp³-hybridized carbons (Fsp3) is 0.133. The summed E-state index contributed by atoms with van der Waals surface area (Å²) in [6.07, 6.45) is 0. The van der Waals surface area contributed by atoms with Crippen molar-refractivity contribution in [2.45, 2.75) is 6.92 Å². The Kier molecular flexibility index (Phi) is 3.98. The molecule has 2 N–H and O–H groups in total. The first-order chi connectivity index (χ1) is 9.52. The molecule has 20 heavy (non-hydrogen) atoms. The molecule has 0 aliphatic carbocycles. The number of benzene rings is 2. The van der Waals surface area contributed by atoms with Crippen LogP contribution in [0.1, 0.15) is 17.3 Å². The summed E-state index contributed by atoms with van der Waals surface area (Å²) in [6.45, 7) is 2.15. The third-order valence-electron chi connectivity index (χ3n) is 2.83. The molecule has 0 spiro atoms. The van der Waals surface area contributed by atoms with E-state index >= 15 is 0 Å². The summed E-state index contributed by atoms with van der Waals surface area (Å²) >= 11 is 0. The van der Waals surface area contributed by atoms with Gasteiger partial charge in [-0.2, -0.15) is 0 Å². The van der Waals surface area contributed by atoms with E-state index in [-0.39, 0.29) is 5.56 Å². The van der Waals surface area contributed by atoms with Gasteiger partial charge in [0.1, 0.15) is 5.82 Å². The lowest BCUT2D eigenvalue weighted by atomic mass is 10.0. The lowest BCUT2D eigenvalue weighted by molar-refractivity contribution is 0.0952. The minimum Gasteiger partial charge on any atom is -0.505 e. The minimum atomic E-state index is -0.782. The first-order valence-corrected chi connectivity index (χ1v) is 6.09. The lowest BCUT2D eigenvalue weighted by Gasteiger charge is -2.07. The average Bonchev–Trinajstić information content (AvgIpc) is 2.42. The van der Waals surface area contributed by atoms with Crippen LogP contribution in [0.2, 0.25) is 0 Å². The van der Waals surface area contributed by atoms with E-state index < -0.39 is 23.3 Å². The Hall–Kier alpha value is -2.43. The van der Waals surface area contributed by atoms with Gasteiger partial charge in [-0.1, -0.05) is 12.1 Å². The summed E-state index contributed by atoms with van der Waals surface area (Å²) in [5.74, 6) is -2.42. The standard InChI is InChI=1S/C15H13F2NO2/c1-2-18-15(20)11-5-3-9(7-12(11)16)10-4-6-14(19)13(17)8-10/h3-8,19H,2H2,1H3,(H,18,20). The molecule has 0 aliphatic rings. The number of halogens is 2. The summed E-state index contributed by atoms with van der Waals surface area (Å²) in [7, 11) is 0. The van der Waals surface area contributed by atoms with Crippen LogP contribution in [0.5, 0.6) is 5.75 Å². The van der Waals surface area contributed by atoms with E-state index in [1.807, 2.05) is 0 Å². The van der Waals surface area contributed by atoms with Crippen molar-refractivity contribution in [3.63, 3.8) is 0 Å². The number of phenolic OH excluding ortho intramolecular Hbond substituents is 1. The first kappa shape index (κ1) is 14.0. The molecule has 0 aliphatic heterocycles. The predicted octanol–water partition coefficient (Wildman–Crippen LogP) is 3.09. The van der Waals surface area contributed by atoms with Crippen molar-refractivity contribution in [1.29, 1.82) is 0 Å². The van der Waals surface area contributed by atoms with E-state index in [4.69, 9.17) is 5.11 Å². The Bertz CT molecular complexity index is 656. The van der Waals surface area contributed by atoms with E-state index in [0.717, 1.165) is 12.1 Å². The molecule has 0 saturated heterocycles. The molecule has 2 aromatic carbocycles. The van der Waals surface area contributed by atoms with Gasteiger partial charge in [0.25, 0.3) is 5.91 Å². The SMILES string of the molecule is CCNC(=O)c1ccc(-c2ccc(O)c(F)c2)cc1F. The maximum absolute atomic E-state index is 13.9. The smallest absolute Gasteiger partial charge is 0.254 e. The quantitative estimate of drug-likeness (QED) is 0.905. The van der Waals surface area contributed by atoms with Crippen LogP contribution in [0, 0.1) is 11.6 Å². The number of aromatic hydroxyl groups is 1. The van der Waals surface area contributed by atoms with Crippen molar-refractivity contribution < 1.29 is 18.7 Å². The van der Waals surface area contributed by atoms with Gasteiger partial charge >= 0.3 is 0 Å². The maximum atomic E-state index is 13.9. The fourth-order valence-corrected chi connectivity index (χ4v) is 1.82. The Morgan fingerprint density at radius 1 is 1.10 bits per heavy atom. The van der Waals surface area contributed by atoms with Crippen molar-refractivity contribution in [3.8, 4) is 16.9 Å². The van der Waals surface area contributed by atoms with Gasteiger partial charge < -0.3 is 10.4 Å². The highest BCUT2D eigenvalue weighted by atomic mass is 19.1. The second kappa shape index (κ2) is 5.69. The monoisotopic (exact) mass is 277 g/mol. The van der Waals surface area contributed by atoms with Crippen LogP contribution in [0.3, 0.4) is 0 Å². The number of carbonyl (C=O) groups excluding carboxylic acids is 1. The Labute approximate surface area is 114 Å². The highest BCUT2D eigenvalue weighted by Crippen LogP contribution is 2.26. The molecule has 5 heteroatoms. The highest BCUT2D eigenvalue weighted by Gasteiger charge is 2.12. The summed E-state index contributed by atoms with van der Waals surface area (Å²) in [5, 5.41) is 11.6. The summed E-state index contributed by atoms with van der Waals surface area (Å²) in [6, 6.07) is 7.81. The Morgan fingerprint density at radius 2 is 1.70 bits per heavy atom. The van der Waals surface area contributed by atoms with Gasteiger partial charge in [-0.15, -0.1) is 0 Å². The van der Waals surface area contributed by atoms with Gasteiger partial charge in [0.15, 0.2) is 11.6 Å². The van der Waals surface area contributed by atoms with E-state index in [2.05, 4.69) is 5.32 Å². The average molecular weight is 277 g/mol. The van der Waals surface area contributed by atoms with Crippen LogP contribution in [0.4, 0.5) is 8.78 Å². The van der Waals surface area contributed by atoms with Gasteiger partial charge in [-0.25, -0.2) is 8.78 Å². The number of nitrogens with one attached hydrogen (secondary N) is 1. The topological polar surface area (TPSA) is 49.3 Å². The number of phenols is 1. The van der Waals surface area contributed by atoms with Crippen molar-refractivity contribution in [3.05, 3.63) is 53.6 Å². The van der Waals surface area contributed by atoms with Crippen LogP contribution < -0.4 is 5.32 Å². The number of hydrogen-bond acceptors (Lipinski definition) is 2. The van der Waals surface area contributed by atoms with Crippen molar-refractivity contribution in [2.75, 3.05) is 6.54 Å². The minimum absolute atomic E-state index is 0.0603. The molecular weight excluding hydrogens is 264 g/mol. The molecule has 0 unspecified atom stereocenters. The molecule has 0 heterocycles. The molecule has 2 rings (SSSR count). The predicted molar refractivity (Wildman–Crippen MR) is 71.5 cm³/mol.